The first-order valence-corrected chi connectivity index (χ1v) is 7.76. The number of benzene rings is 1. The molecule has 4 nitrogen and oxygen atoms in total. The van der Waals surface area contributed by atoms with Crippen molar-refractivity contribution in [3.05, 3.63) is 36.4 Å². The van der Waals surface area contributed by atoms with Crippen LogP contribution in [0.3, 0.4) is 0 Å². The molecule has 1 atom stereocenters. The highest BCUT2D eigenvalue weighted by Gasteiger charge is 2.33. The lowest BCUT2D eigenvalue weighted by Crippen LogP contribution is -2.30. The molecule has 24 heavy (non-hydrogen) atoms. The minimum absolute atomic E-state index is 0.150. The van der Waals surface area contributed by atoms with Gasteiger partial charge in [0.15, 0.2) is 12.2 Å². The van der Waals surface area contributed by atoms with Gasteiger partial charge in [-0.05, 0) is 37.0 Å². The molecule has 1 aromatic heterocycles. The van der Waals surface area contributed by atoms with Gasteiger partial charge in [-0.2, -0.15) is 13.2 Å². The van der Waals surface area contributed by atoms with Gasteiger partial charge in [-0.25, -0.2) is 4.98 Å². The summed E-state index contributed by atoms with van der Waals surface area (Å²) in [5.74, 6) is 0.322. The van der Waals surface area contributed by atoms with Crippen molar-refractivity contribution in [3.8, 4) is 11.3 Å². The molecule has 0 spiro atoms. The zero-order valence-corrected chi connectivity index (χ0v) is 13.1. The fraction of sp³-hybridized carbons (Fsp3) is 0.412. The number of oxazole rings is 1. The molecule has 0 radical (unpaired) electrons. The van der Waals surface area contributed by atoms with E-state index in [0.29, 0.717) is 13.0 Å². The number of nitrogens with zero attached hydrogens (tertiary/aromatic N) is 2. The summed E-state index contributed by atoms with van der Waals surface area (Å²) in [6, 6.07) is 3.58. The summed E-state index contributed by atoms with van der Waals surface area (Å²) >= 11 is 0. The highest BCUT2D eigenvalue weighted by atomic mass is 19.4. The summed E-state index contributed by atoms with van der Waals surface area (Å²) in [4.78, 5) is 17.6. The molecule has 1 aliphatic heterocycles. The maximum Gasteiger partial charge on any atom is 0.416 e. The first-order valence-electron chi connectivity index (χ1n) is 7.76. The molecule has 2 heterocycles. The predicted octanol–water partition coefficient (Wildman–Crippen LogP) is 4.51. The Balaban J connectivity index is 2.06. The normalized spacial score (nSPS) is 19.4. The van der Waals surface area contributed by atoms with E-state index in [1.165, 1.54) is 11.1 Å². The van der Waals surface area contributed by atoms with Gasteiger partial charge in [0.05, 0.1) is 11.8 Å². The lowest BCUT2D eigenvalue weighted by Gasteiger charge is -2.23. The van der Waals surface area contributed by atoms with Gasteiger partial charge in [0.1, 0.15) is 0 Å². The highest BCUT2D eigenvalue weighted by Crippen LogP contribution is 2.36. The second-order valence-electron chi connectivity index (χ2n) is 6.13. The Morgan fingerprint density at radius 1 is 1.29 bits per heavy atom. The van der Waals surface area contributed by atoms with Crippen LogP contribution in [0.25, 0.3) is 11.3 Å². The number of hydrogen-bond donors (Lipinski definition) is 0. The van der Waals surface area contributed by atoms with Gasteiger partial charge in [0, 0.05) is 24.2 Å². The van der Waals surface area contributed by atoms with Crippen LogP contribution < -0.4 is 4.90 Å². The SMILES string of the molecule is CC1CCCN(c2cc(-c3cnco3)cc(C(F)(F)F)c2)C(=O)C1. The maximum atomic E-state index is 13.2. The molecule has 0 bridgehead atoms. The van der Waals surface area contributed by atoms with E-state index in [9.17, 15) is 18.0 Å². The Hall–Kier alpha value is -2.31. The van der Waals surface area contributed by atoms with E-state index >= 15 is 0 Å². The summed E-state index contributed by atoms with van der Waals surface area (Å²) in [6.07, 6.45) is -0.00254. The van der Waals surface area contributed by atoms with Crippen molar-refractivity contribution in [1.82, 2.24) is 4.98 Å². The van der Waals surface area contributed by atoms with Gasteiger partial charge < -0.3 is 9.32 Å². The van der Waals surface area contributed by atoms with Gasteiger partial charge in [0.2, 0.25) is 5.91 Å². The first-order chi connectivity index (χ1) is 11.3. The third-order valence-electron chi connectivity index (χ3n) is 4.18. The molecule has 128 valence electrons. The van der Waals surface area contributed by atoms with Crippen LogP contribution in [0.2, 0.25) is 0 Å². The second kappa shape index (κ2) is 6.30. The molecular weight excluding hydrogens is 321 g/mol. The Labute approximate surface area is 137 Å². The van der Waals surface area contributed by atoms with E-state index < -0.39 is 11.7 Å². The van der Waals surface area contributed by atoms with Crippen LogP contribution in [0.15, 0.2) is 35.2 Å². The van der Waals surface area contributed by atoms with E-state index in [0.717, 1.165) is 31.4 Å². The lowest BCUT2D eigenvalue weighted by atomic mass is 10.0. The van der Waals surface area contributed by atoms with Crippen LogP contribution >= 0.6 is 0 Å². The van der Waals surface area contributed by atoms with Crippen molar-refractivity contribution in [3.63, 3.8) is 0 Å². The van der Waals surface area contributed by atoms with E-state index in [-0.39, 0.29) is 28.8 Å². The maximum absolute atomic E-state index is 13.2. The topological polar surface area (TPSA) is 46.3 Å². The van der Waals surface area contributed by atoms with Crippen molar-refractivity contribution < 1.29 is 22.4 Å². The van der Waals surface area contributed by atoms with Gasteiger partial charge in [-0.3, -0.25) is 4.79 Å². The Bertz CT molecular complexity index is 726. The molecule has 2 aromatic rings. The van der Waals surface area contributed by atoms with Gasteiger partial charge >= 0.3 is 6.18 Å². The fourth-order valence-corrected chi connectivity index (χ4v) is 2.94. The van der Waals surface area contributed by atoms with E-state index in [1.807, 2.05) is 6.92 Å². The molecule has 1 fully saturated rings. The number of rotatable bonds is 2. The Morgan fingerprint density at radius 2 is 2.08 bits per heavy atom. The number of carbonyl (C=O) groups is 1. The molecule has 1 aliphatic rings. The number of halogens is 3. The summed E-state index contributed by atoms with van der Waals surface area (Å²) in [5.41, 5.74) is -0.311. The third kappa shape index (κ3) is 3.44. The molecule has 0 aliphatic carbocycles. The van der Waals surface area contributed by atoms with E-state index in [1.54, 1.807) is 6.07 Å². The predicted molar refractivity (Wildman–Crippen MR) is 82.3 cm³/mol. The standard InChI is InChI=1S/C17H17F3N2O2/c1-11-3-2-4-22(16(23)5-11)14-7-12(15-9-21-10-24-15)6-13(8-14)17(18,19)20/h6-11H,2-5H2,1H3. The number of carbonyl (C=O) groups excluding carboxylic acids is 1. The van der Waals surface area contributed by atoms with Crippen LogP contribution in [-0.2, 0) is 11.0 Å². The minimum Gasteiger partial charge on any atom is -0.444 e. The molecule has 0 saturated carbocycles. The van der Waals surface area contributed by atoms with Crippen molar-refractivity contribution in [2.75, 3.05) is 11.4 Å². The van der Waals surface area contributed by atoms with E-state index in [4.69, 9.17) is 4.42 Å². The summed E-state index contributed by atoms with van der Waals surface area (Å²) in [5, 5.41) is 0. The van der Waals surface area contributed by atoms with Crippen LogP contribution in [0.5, 0.6) is 0 Å². The molecule has 0 N–H and O–H groups in total. The molecule has 1 amide bonds. The summed E-state index contributed by atoms with van der Waals surface area (Å²) in [7, 11) is 0. The summed E-state index contributed by atoms with van der Waals surface area (Å²) < 4.78 is 44.9. The fourth-order valence-electron chi connectivity index (χ4n) is 2.94. The van der Waals surface area contributed by atoms with Gasteiger partial charge in [-0.15, -0.1) is 0 Å². The number of alkyl halides is 3. The third-order valence-corrected chi connectivity index (χ3v) is 4.18. The lowest BCUT2D eigenvalue weighted by molar-refractivity contribution is -0.137. The van der Waals surface area contributed by atoms with Crippen LogP contribution in [0, 0.1) is 5.92 Å². The zero-order valence-electron chi connectivity index (χ0n) is 13.1. The molecule has 3 rings (SSSR count). The van der Waals surface area contributed by atoms with E-state index in [2.05, 4.69) is 4.98 Å². The quantitative estimate of drug-likeness (QED) is 0.809. The van der Waals surface area contributed by atoms with Crippen LogP contribution in [0.4, 0.5) is 18.9 Å². The molecule has 1 saturated heterocycles. The molecular formula is C17H17F3N2O2. The number of hydrogen-bond acceptors (Lipinski definition) is 3. The number of amides is 1. The van der Waals surface area contributed by atoms with Crippen molar-refractivity contribution in [2.45, 2.75) is 32.4 Å². The van der Waals surface area contributed by atoms with Crippen LogP contribution in [-0.4, -0.2) is 17.4 Å². The first kappa shape index (κ1) is 16.5. The van der Waals surface area contributed by atoms with Crippen LogP contribution in [0.1, 0.15) is 31.7 Å². The monoisotopic (exact) mass is 338 g/mol. The molecule has 1 unspecified atom stereocenters. The molecule has 7 heteroatoms. The number of anilines is 1. The van der Waals surface area contributed by atoms with Gasteiger partial charge in [0.25, 0.3) is 0 Å². The van der Waals surface area contributed by atoms with Crippen molar-refractivity contribution in [2.24, 2.45) is 5.92 Å². The van der Waals surface area contributed by atoms with Crippen molar-refractivity contribution in [1.29, 1.82) is 0 Å². The van der Waals surface area contributed by atoms with Crippen molar-refractivity contribution >= 4 is 11.6 Å². The summed E-state index contributed by atoms with van der Waals surface area (Å²) in [6.45, 7) is 2.40. The highest BCUT2D eigenvalue weighted by molar-refractivity contribution is 5.94. The zero-order chi connectivity index (χ0) is 17.3. The largest absolute Gasteiger partial charge is 0.444 e. The Morgan fingerprint density at radius 3 is 2.75 bits per heavy atom. The van der Waals surface area contributed by atoms with Gasteiger partial charge in [-0.1, -0.05) is 6.92 Å². The minimum atomic E-state index is -4.51. The smallest absolute Gasteiger partial charge is 0.416 e. The average Bonchev–Trinajstić information content (AvgIpc) is 2.98. The number of aromatic nitrogens is 1. The second-order valence-corrected chi connectivity index (χ2v) is 6.13. The Kier molecular flexibility index (Phi) is 4.34. The molecule has 1 aromatic carbocycles. The average molecular weight is 338 g/mol.